The number of likely N-dealkylation sites (N-methyl/N-ethyl adjacent to an activating group) is 1. The van der Waals surface area contributed by atoms with Crippen molar-refractivity contribution in [3.8, 4) is 0 Å². The van der Waals surface area contributed by atoms with E-state index in [0.29, 0.717) is 4.64 Å². The van der Waals surface area contributed by atoms with Crippen LogP contribution in [0.2, 0.25) is 0 Å². The molecular formula is C11H16BrN3OS. The van der Waals surface area contributed by atoms with Gasteiger partial charge in [-0.15, -0.1) is 0 Å². The summed E-state index contributed by atoms with van der Waals surface area (Å²) >= 11 is 8.71. The highest BCUT2D eigenvalue weighted by Gasteiger charge is 2.22. The standard InChI is InChI=1S/C11H16BrN3OS/c1-3-7-9(12)11(17)14-10(13-7)8-6-15(2)4-5-16-8/h8H,3-6H2,1-2H3,(H,13,14,17). The third-order valence-electron chi connectivity index (χ3n) is 2.88. The summed E-state index contributed by atoms with van der Waals surface area (Å²) in [5.41, 5.74) is 1.08. The van der Waals surface area contributed by atoms with Crippen LogP contribution < -0.4 is 0 Å². The maximum Gasteiger partial charge on any atom is 0.144 e. The summed E-state index contributed by atoms with van der Waals surface area (Å²) in [5, 5.41) is 0. The van der Waals surface area contributed by atoms with E-state index in [1.54, 1.807) is 0 Å². The molecule has 0 radical (unpaired) electrons. The normalized spacial score (nSPS) is 21.7. The summed E-state index contributed by atoms with van der Waals surface area (Å²) in [6, 6.07) is 0. The molecule has 0 spiro atoms. The van der Waals surface area contributed by atoms with E-state index >= 15 is 0 Å². The minimum atomic E-state index is -0.00569. The zero-order chi connectivity index (χ0) is 12.4. The smallest absolute Gasteiger partial charge is 0.144 e. The minimum absolute atomic E-state index is 0.00569. The Morgan fingerprint density at radius 2 is 2.41 bits per heavy atom. The Bertz CT molecular complexity index is 463. The SMILES string of the molecule is CCc1[nH]c(C2CN(C)CCO2)nc(=S)c1Br. The number of nitrogens with one attached hydrogen (secondary N) is 1. The highest BCUT2D eigenvalue weighted by atomic mass is 79.9. The number of halogens is 1. The van der Waals surface area contributed by atoms with E-state index in [9.17, 15) is 0 Å². The summed E-state index contributed by atoms with van der Waals surface area (Å²) in [7, 11) is 2.09. The van der Waals surface area contributed by atoms with Crippen molar-refractivity contribution in [1.29, 1.82) is 0 Å². The van der Waals surface area contributed by atoms with Crippen molar-refractivity contribution in [2.24, 2.45) is 0 Å². The molecule has 0 bridgehead atoms. The zero-order valence-electron chi connectivity index (χ0n) is 9.99. The molecule has 94 valence electrons. The summed E-state index contributed by atoms with van der Waals surface area (Å²) in [4.78, 5) is 9.95. The number of hydrogen-bond acceptors (Lipinski definition) is 4. The van der Waals surface area contributed by atoms with Crippen LogP contribution in [0.15, 0.2) is 4.47 Å². The maximum absolute atomic E-state index is 5.73. The van der Waals surface area contributed by atoms with Crippen molar-refractivity contribution in [1.82, 2.24) is 14.9 Å². The molecule has 4 nitrogen and oxygen atoms in total. The van der Waals surface area contributed by atoms with Crippen LogP contribution in [0.4, 0.5) is 0 Å². The first-order chi connectivity index (χ1) is 8.11. The molecule has 0 saturated carbocycles. The van der Waals surface area contributed by atoms with E-state index in [2.05, 4.69) is 44.8 Å². The molecule has 6 heteroatoms. The lowest BCUT2D eigenvalue weighted by Crippen LogP contribution is -2.36. The van der Waals surface area contributed by atoms with Gasteiger partial charge in [0.1, 0.15) is 16.6 Å². The monoisotopic (exact) mass is 317 g/mol. The third-order valence-corrected chi connectivity index (χ3v) is 4.29. The van der Waals surface area contributed by atoms with E-state index in [1.165, 1.54) is 0 Å². The van der Waals surface area contributed by atoms with Gasteiger partial charge in [0.15, 0.2) is 0 Å². The maximum atomic E-state index is 5.73. The number of rotatable bonds is 2. The van der Waals surface area contributed by atoms with Crippen molar-refractivity contribution in [3.63, 3.8) is 0 Å². The number of nitrogens with zero attached hydrogens (tertiary/aromatic N) is 2. The van der Waals surface area contributed by atoms with Gasteiger partial charge in [-0.3, -0.25) is 0 Å². The lowest BCUT2D eigenvalue weighted by atomic mass is 10.2. The molecule has 1 aromatic rings. The lowest BCUT2D eigenvalue weighted by molar-refractivity contribution is -0.0256. The van der Waals surface area contributed by atoms with Gasteiger partial charge in [-0.25, -0.2) is 4.98 Å². The van der Waals surface area contributed by atoms with Crippen LogP contribution in [-0.4, -0.2) is 41.6 Å². The van der Waals surface area contributed by atoms with Crippen molar-refractivity contribution in [2.75, 3.05) is 26.7 Å². The molecule has 1 saturated heterocycles. The minimum Gasteiger partial charge on any atom is -0.368 e. The summed E-state index contributed by atoms with van der Waals surface area (Å²) in [6.07, 6.45) is 0.885. The lowest BCUT2D eigenvalue weighted by Gasteiger charge is -2.29. The number of H-pyrrole nitrogens is 1. The molecule has 1 N–H and O–H groups in total. The molecule has 1 aliphatic rings. The van der Waals surface area contributed by atoms with Gasteiger partial charge in [0.25, 0.3) is 0 Å². The van der Waals surface area contributed by atoms with Gasteiger partial charge in [0.2, 0.25) is 0 Å². The molecule has 1 aromatic heterocycles. The molecule has 2 rings (SSSR count). The van der Waals surface area contributed by atoms with E-state index in [4.69, 9.17) is 17.0 Å². The largest absolute Gasteiger partial charge is 0.368 e. The average Bonchev–Trinajstić information content (AvgIpc) is 2.32. The Balaban J connectivity index is 2.32. The van der Waals surface area contributed by atoms with Crippen LogP contribution in [0, 0.1) is 4.64 Å². The van der Waals surface area contributed by atoms with Crippen LogP contribution >= 0.6 is 28.1 Å². The number of aromatic amines is 1. The molecule has 0 aliphatic carbocycles. The van der Waals surface area contributed by atoms with Crippen LogP contribution in [0.5, 0.6) is 0 Å². The second-order valence-electron chi connectivity index (χ2n) is 4.19. The van der Waals surface area contributed by atoms with Crippen molar-refractivity contribution in [3.05, 3.63) is 20.6 Å². The van der Waals surface area contributed by atoms with Gasteiger partial charge in [-0.2, -0.15) is 0 Å². The van der Waals surface area contributed by atoms with Gasteiger partial charge in [0.05, 0.1) is 11.1 Å². The predicted molar refractivity (Wildman–Crippen MR) is 72.7 cm³/mol. The predicted octanol–water partition coefficient (Wildman–Crippen LogP) is 2.47. The number of morpholine rings is 1. The molecule has 0 amide bonds. The topological polar surface area (TPSA) is 41.2 Å². The van der Waals surface area contributed by atoms with Gasteiger partial charge in [0, 0.05) is 18.8 Å². The first-order valence-electron chi connectivity index (χ1n) is 5.70. The molecule has 1 unspecified atom stereocenters. The molecule has 1 atom stereocenters. The fraction of sp³-hybridized carbons (Fsp3) is 0.636. The molecule has 1 aliphatic heterocycles. The van der Waals surface area contributed by atoms with E-state index in [1.807, 2.05) is 0 Å². The number of hydrogen-bond donors (Lipinski definition) is 1. The van der Waals surface area contributed by atoms with Gasteiger partial charge >= 0.3 is 0 Å². The first kappa shape index (κ1) is 13.1. The van der Waals surface area contributed by atoms with E-state index in [0.717, 1.165) is 42.1 Å². The van der Waals surface area contributed by atoms with Crippen LogP contribution in [0.3, 0.4) is 0 Å². The Morgan fingerprint density at radius 1 is 1.65 bits per heavy atom. The fourth-order valence-electron chi connectivity index (χ4n) is 1.86. The second kappa shape index (κ2) is 5.56. The van der Waals surface area contributed by atoms with Crippen molar-refractivity contribution in [2.45, 2.75) is 19.4 Å². The number of ether oxygens (including phenoxy) is 1. The average molecular weight is 318 g/mol. The molecular weight excluding hydrogens is 302 g/mol. The second-order valence-corrected chi connectivity index (χ2v) is 5.37. The van der Waals surface area contributed by atoms with Gasteiger partial charge < -0.3 is 14.6 Å². The Kier molecular flexibility index (Phi) is 4.30. The fourth-order valence-corrected chi connectivity index (χ4v) is 2.55. The highest BCUT2D eigenvalue weighted by molar-refractivity contribution is 9.10. The Hall–Kier alpha value is -0.300. The van der Waals surface area contributed by atoms with Gasteiger partial charge in [-0.05, 0) is 29.4 Å². The zero-order valence-corrected chi connectivity index (χ0v) is 12.4. The highest BCUT2D eigenvalue weighted by Crippen LogP contribution is 2.22. The van der Waals surface area contributed by atoms with Crippen LogP contribution in [0.25, 0.3) is 0 Å². The molecule has 17 heavy (non-hydrogen) atoms. The Morgan fingerprint density at radius 3 is 3.06 bits per heavy atom. The molecule has 2 heterocycles. The quantitative estimate of drug-likeness (QED) is 0.851. The molecule has 1 fully saturated rings. The molecule has 0 aromatic carbocycles. The van der Waals surface area contributed by atoms with Gasteiger partial charge in [-0.1, -0.05) is 19.1 Å². The summed E-state index contributed by atoms with van der Waals surface area (Å²) in [5.74, 6) is 0.835. The van der Waals surface area contributed by atoms with Crippen molar-refractivity contribution >= 4 is 28.1 Å². The van der Waals surface area contributed by atoms with E-state index < -0.39 is 0 Å². The summed E-state index contributed by atoms with van der Waals surface area (Å²) < 4.78 is 7.23. The van der Waals surface area contributed by atoms with Crippen LogP contribution in [0.1, 0.15) is 24.5 Å². The number of aromatic nitrogens is 2. The summed E-state index contributed by atoms with van der Waals surface area (Å²) in [6.45, 7) is 4.64. The Labute approximate surface area is 115 Å². The van der Waals surface area contributed by atoms with E-state index in [-0.39, 0.29) is 6.10 Å². The number of aryl methyl sites for hydroxylation is 1. The third kappa shape index (κ3) is 2.93. The first-order valence-corrected chi connectivity index (χ1v) is 6.90. The van der Waals surface area contributed by atoms with Crippen LogP contribution in [-0.2, 0) is 11.2 Å². The van der Waals surface area contributed by atoms with Crippen molar-refractivity contribution < 1.29 is 4.74 Å².